The first kappa shape index (κ1) is 13.9. The molecular weight excluding hydrogens is 274 g/mol. The number of halogens is 1. The quantitative estimate of drug-likeness (QED) is 0.666. The average molecular weight is 294 g/mol. The van der Waals surface area contributed by atoms with Crippen molar-refractivity contribution in [3.05, 3.63) is 28.8 Å². The zero-order valence-electron chi connectivity index (χ0n) is 11.5. The maximum absolute atomic E-state index is 12.7. The lowest BCUT2D eigenvalue weighted by atomic mass is 9.80. The van der Waals surface area contributed by atoms with Gasteiger partial charge in [0, 0.05) is 28.8 Å². The van der Waals surface area contributed by atoms with Gasteiger partial charge in [0.25, 0.3) is 0 Å². The van der Waals surface area contributed by atoms with Gasteiger partial charge in [-0.2, -0.15) is 0 Å². The van der Waals surface area contributed by atoms with Crippen LogP contribution in [0.15, 0.2) is 18.2 Å². The summed E-state index contributed by atoms with van der Waals surface area (Å²) < 4.78 is 5.99. The number of ketones is 1. The third-order valence-corrected chi connectivity index (χ3v) is 4.80. The molecule has 0 radical (unpaired) electrons. The van der Waals surface area contributed by atoms with Crippen LogP contribution in [0.4, 0.5) is 5.69 Å². The largest absolute Gasteiger partial charge is 0.399 e. The summed E-state index contributed by atoms with van der Waals surface area (Å²) in [6.45, 7) is 0.687. The number of hydrogen-bond acceptors (Lipinski definition) is 3. The molecule has 2 fully saturated rings. The Balaban J connectivity index is 1.79. The van der Waals surface area contributed by atoms with Crippen molar-refractivity contribution in [2.75, 3.05) is 12.3 Å². The van der Waals surface area contributed by atoms with Gasteiger partial charge in [-0.3, -0.25) is 4.79 Å². The van der Waals surface area contributed by atoms with Gasteiger partial charge in [-0.1, -0.05) is 24.4 Å². The third-order valence-electron chi connectivity index (χ3n) is 4.58. The summed E-state index contributed by atoms with van der Waals surface area (Å²) in [6.07, 6.45) is 6.25. The van der Waals surface area contributed by atoms with Crippen molar-refractivity contribution in [1.29, 1.82) is 0 Å². The molecule has 2 N–H and O–H groups in total. The molecule has 108 valence electrons. The van der Waals surface area contributed by atoms with Crippen LogP contribution in [0.1, 0.15) is 48.9 Å². The Kier molecular flexibility index (Phi) is 3.74. The van der Waals surface area contributed by atoms with Crippen LogP contribution < -0.4 is 5.73 Å². The van der Waals surface area contributed by atoms with Crippen LogP contribution in [0.25, 0.3) is 0 Å². The van der Waals surface area contributed by atoms with Gasteiger partial charge in [-0.25, -0.2) is 0 Å². The van der Waals surface area contributed by atoms with Gasteiger partial charge >= 0.3 is 0 Å². The van der Waals surface area contributed by atoms with Gasteiger partial charge in [-0.15, -0.1) is 0 Å². The van der Waals surface area contributed by atoms with Crippen molar-refractivity contribution in [2.24, 2.45) is 5.92 Å². The highest BCUT2D eigenvalue weighted by Crippen LogP contribution is 2.42. The maximum atomic E-state index is 12.7. The molecule has 1 aliphatic carbocycles. The Bertz CT molecular complexity index is 503. The summed E-state index contributed by atoms with van der Waals surface area (Å²) >= 11 is 6.00. The molecule has 1 aromatic carbocycles. The van der Waals surface area contributed by atoms with Gasteiger partial charge in [0.1, 0.15) is 0 Å². The molecule has 3 rings (SSSR count). The molecular formula is C16H20ClNO2. The molecule has 0 amide bonds. The summed E-state index contributed by atoms with van der Waals surface area (Å²) in [7, 11) is 0. The summed E-state index contributed by atoms with van der Waals surface area (Å²) in [4.78, 5) is 12.7. The molecule has 1 unspecified atom stereocenters. The number of ether oxygens (including phenoxy) is 1. The van der Waals surface area contributed by atoms with E-state index < -0.39 is 0 Å². The van der Waals surface area contributed by atoms with E-state index in [4.69, 9.17) is 22.1 Å². The van der Waals surface area contributed by atoms with E-state index in [9.17, 15) is 4.79 Å². The summed E-state index contributed by atoms with van der Waals surface area (Å²) in [5.74, 6) is 0.202. The van der Waals surface area contributed by atoms with Gasteiger partial charge in [-0.05, 0) is 43.9 Å². The minimum absolute atomic E-state index is 0.0390. The summed E-state index contributed by atoms with van der Waals surface area (Å²) in [5.41, 5.74) is 6.92. The van der Waals surface area contributed by atoms with E-state index in [0.29, 0.717) is 22.9 Å². The third kappa shape index (κ3) is 2.70. The number of anilines is 1. The second-order valence-electron chi connectivity index (χ2n) is 6.07. The van der Waals surface area contributed by atoms with E-state index >= 15 is 0 Å². The van der Waals surface area contributed by atoms with Gasteiger partial charge in [0.05, 0.1) is 5.60 Å². The van der Waals surface area contributed by atoms with E-state index in [-0.39, 0.29) is 17.3 Å². The number of benzene rings is 1. The molecule has 4 heteroatoms. The monoisotopic (exact) mass is 293 g/mol. The van der Waals surface area contributed by atoms with E-state index in [1.54, 1.807) is 18.2 Å². The Hall–Kier alpha value is -1.06. The smallest absolute Gasteiger partial charge is 0.166 e. The van der Waals surface area contributed by atoms with Crippen molar-refractivity contribution < 1.29 is 9.53 Å². The zero-order valence-corrected chi connectivity index (χ0v) is 12.3. The molecule has 0 bridgehead atoms. The van der Waals surface area contributed by atoms with Crippen LogP contribution in [-0.2, 0) is 4.74 Å². The Morgan fingerprint density at radius 3 is 2.75 bits per heavy atom. The Morgan fingerprint density at radius 2 is 2.05 bits per heavy atom. The van der Waals surface area contributed by atoms with Gasteiger partial charge in [0.15, 0.2) is 5.78 Å². The number of hydrogen-bond donors (Lipinski definition) is 1. The number of carbonyl (C=O) groups excluding carboxylic acids is 1. The lowest BCUT2D eigenvalue weighted by Gasteiger charge is -2.37. The normalized spacial score (nSPS) is 24.9. The first-order chi connectivity index (χ1) is 9.58. The minimum atomic E-state index is -0.0390. The van der Waals surface area contributed by atoms with E-state index in [0.717, 1.165) is 25.7 Å². The maximum Gasteiger partial charge on any atom is 0.166 e. The number of Topliss-reactive ketones (excluding diaryl/α,β-unsaturated/α-hetero) is 1. The highest BCUT2D eigenvalue weighted by atomic mass is 35.5. The second kappa shape index (κ2) is 5.38. The van der Waals surface area contributed by atoms with E-state index in [2.05, 4.69) is 0 Å². The molecule has 1 saturated heterocycles. The molecule has 3 nitrogen and oxygen atoms in total. The molecule has 1 heterocycles. The average Bonchev–Trinajstić information content (AvgIpc) is 2.85. The lowest BCUT2D eigenvalue weighted by Crippen LogP contribution is -2.39. The lowest BCUT2D eigenvalue weighted by molar-refractivity contribution is -0.0866. The zero-order chi connectivity index (χ0) is 14.2. The summed E-state index contributed by atoms with van der Waals surface area (Å²) in [6, 6.07) is 5.11. The van der Waals surface area contributed by atoms with E-state index in [1.807, 2.05) is 0 Å². The predicted octanol–water partition coefficient (Wildman–Crippen LogP) is 3.84. The molecule has 1 aliphatic heterocycles. The van der Waals surface area contributed by atoms with Gasteiger partial charge in [0.2, 0.25) is 0 Å². The van der Waals surface area contributed by atoms with Crippen LogP contribution in [0.3, 0.4) is 0 Å². The Labute approximate surface area is 124 Å². The van der Waals surface area contributed by atoms with Crippen molar-refractivity contribution in [1.82, 2.24) is 0 Å². The van der Waals surface area contributed by atoms with Gasteiger partial charge < -0.3 is 10.5 Å². The standard InChI is InChI=1S/C16H20ClNO2/c17-13-7-12(8-14(18)9-13)15(19)11-3-6-20-16(10-11)4-1-2-5-16/h7-9,11H,1-6,10,18H2. The number of nitrogens with two attached hydrogens (primary N) is 1. The topological polar surface area (TPSA) is 52.3 Å². The minimum Gasteiger partial charge on any atom is -0.399 e. The van der Waals surface area contributed by atoms with E-state index in [1.165, 1.54) is 12.8 Å². The van der Waals surface area contributed by atoms with Crippen LogP contribution >= 0.6 is 11.6 Å². The fourth-order valence-corrected chi connectivity index (χ4v) is 3.85. The molecule has 1 atom stereocenters. The molecule has 1 saturated carbocycles. The van der Waals surface area contributed by atoms with Crippen LogP contribution in [-0.4, -0.2) is 18.0 Å². The van der Waals surface area contributed by atoms with Crippen molar-refractivity contribution in [2.45, 2.75) is 44.1 Å². The highest BCUT2D eigenvalue weighted by Gasteiger charge is 2.42. The molecule has 1 spiro atoms. The fourth-order valence-electron chi connectivity index (χ4n) is 3.61. The number of rotatable bonds is 2. The number of carbonyl (C=O) groups is 1. The van der Waals surface area contributed by atoms with Crippen molar-refractivity contribution in [3.63, 3.8) is 0 Å². The number of nitrogen functional groups attached to an aromatic ring is 1. The molecule has 1 aromatic rings. The van der Waals surface area contributed by atoms with Crippen LogP contribution in [0.5, 0.6) is 0 Å². The van der Waals surface area contributed by atoms with Crippen LogP contribution in [0, 0.1) is 5.92 Å². The predicted molar refractivity (Wildman–Crippen MR) is 80.1 cm³/mol. The molecule has 2 aliphatic rings. The van der Waals surface area contributed by atoms with Crippen LogP contribution in [0.2, 0.25) is 5.02 Å². The summed E-state index contributed by atoms with van der Waals surface area (Å²) in [5, 5.41) is 0.524. The molecule has 0 aromatic heterocycles. The Morgan fingerprint density at radius 1 is 1.30 bits per heavy atom. The second-order valence-corrected chi connectivity index (χ2v) is 6.50. The van der Waals surface area contributed by atoms with Crippen molar-refractivity contribution in [3.8, 4) is 0 Å². The highest BCUT2D eigenvalue weighted by molar-refractivity contribution is 6.31. The van der Waals surface area contributed by atoms with Crippen molar-refractivity contribution >= 4 is 23.1 Å². The SMILES string of the molecule is Nc1cc(Cl)cc(C(=O)C2CCOC3(CCCC3)C2)c1. The molecule has 20 heavy (non-hydrogen) atoms. The first-order valence-electron chi connectivity index (χ1n) is 7.32. The fraction of sp³-hybridized carbons (Fsp3) is 0.562. The first-order valence-corrected chi connectivity index (χ1v) is 7.70.